The Balaban J connectivity index is 0.00000196. The molecule has 0 fully saturated rings. The number of hydrogen-bond donors (Lipinski definition) is 1. The number of halogens is 1. The molecule has 0 bridgehead atoms. The summed E-state index contributed by atoms with van der Waals surface area (Å²) >= 11 is 0. The van der Waals surface area contributed by atoms with E-state index in [9.17, 15) is 22.2 Å². The van der Waals surface area contributed by atoms with Gasteiger partial charge in [-0.3, -0.25) is 4.79 Å². The van der Waals surface area contributed by atoms with Gasteiger partial charge in [0.1, 0.15) is 5.82 Å². The first-order valence-electron chi connectivity index (χ1n) is 3.42. The summed E-state index contributed by atoms with van der Waals surface area (Å²) in [6, 6.07) is 4.32. The molecular formula is C7H5FKNO4S. The predicted molar refractivity (Wildman–Crippen MR) is 45.1 cm³/mol. The van der Waals surface area contributed by atoms with Crippen molar-refractivity contribution in [2.75, 3.05) is 5.32 Å². The third-order valence-corrected chi connectivity index (χ3v) is 1.87. The number of nitrogens with one attached hydrogen (secondary N) is 1. The van der Waals surface area contributed by atoms with Crippen molar-refractivity contribution in [3.05, 3.63) is 30.1 Å². The van der Waals surface area contributed by atoms with Gasteiger partial charge in [-0.05, 0) is 24.3 Å². The van der Waals surface area contributed by atoms with E-state index in [0.717, 1.165) is 24.3 Å². The topological polar surface area (TPSA) is 86.3 Å². The number of carbonyl (C=O) groups is 1. The zero-order chi connectivity index (χ0) is 10.8. The van der Waals surface area contributed by atoms with E-state index in [2.05, 4.69) is 0 Å². The van der Waals surface area contributed by atoms with Gasteiger partial charge in [0.25, 0.3) is 0 Å². The Morgan fingerprint density at radius 1 is 1.27 bits per heavy atom. The fraction of sp³-hybridized carbons (Fsp3) is 0. The van der Waals surface area contributed by atoms with E-state index in [1.54, 1.807) is 5.32 Å². The fourth-order valence-electron chi connectivity index (χ4n) is 0.714. The van der Waals surface area contributed by atoms with Gasteiger partial charge in [-0.25, -0.2) is 12.8 Å². The molecule has 0 saturated heterocycles. The van der Waals surface area contributed by atoms with Gasteiger partial charge in [-0.2, -0.15) is 0 Å². The Morgan fingerprint density at radius 3 is 2.13 bits per heavy atom. The SMILES string of the molecule is O=C(Nc1ccc(F)cc1)S(=O)(=O)[O-].[K+]. The predicted octanol–water partition coefficient (Wildman–Crippen LogP) is -2.09. The second kappa shape index (κ2) is 6.04. The second-order valence-electron chi connectivity index (χ2n) is 2.37. The molecule has 0 atom stereocenters. The summed E-state index contributed by atoms with van der Waals surface area (Å²) in [5.41, 5.74) is 0.0378. The zero-order valence-corrected chi connectivity index (χ0v) is 11.7. The van der Waals surface area contributed by atoms with Crippen molar-refractivity contribution in [1.82, 2.24) is 0 Å². The van der Waals surface area contributed by atoms with Crippen LogP contribution in [0.2, 0.25) is 0 Å². The standard InChI is InChI=1S/C7H6FNO4S.K/c8-5-1-3-6(4-2-5)9-7(10)14(11,12)13;/h1-4H,(H,9,10)(H,11,12,13);/q;+1/p-1. The van der Waals surface area contributed by atoms with Gasteiger partial charge in [-0.15, -0.1) is 0 Å². The van der Waals surface area contributed by atoms with E-state index in [0.29, 0.717) is 0 Å². The van der Waals surface area contributed by atoms with Crippen LogP contribution in [-0.4, -0.2) is 18.2 Å². The van der Waals surface area contributed by atoms with Crippen LogP contribution in [0.5, 0.6) is 0 Å². The maximum Gasteiger partial charge on any atom is 1.00 e. The Hall–Kier alpha value is 0.166. The van der Waals surface area contributed by atoms with E-state index in [-0.39, 0.29) is 57.1 Å². The van der Waals surface area contributed by atoms with Crippen LogP contribution in [0.4, 0.5) is 14.9 Å². The Labute approximate surface area is 128 Å². The molecule has 0 radical (unpaired) electrons. The molecule has 5 nitrogen and oxygen atoms in total. The van der Waals surface area contributed by atoms with Crippen molar-refractivity contribution in [3.63, 3.8) is 0 Å². The number of carbonyl (C=O) groups excluding carboxylic acids is 1. The van der Waals surface area contributed by atoms with Gasteiger partial charge in [0.15, 0.2) is 10.1 Å². The van der Waals surface area contributed by atoms with E-state index in [4.69, 9.17) is 0 Å². The summed E-state index contributed by atoms with van der Waals surface area (Å²) in [5, 5.41) is 0.140. The van der Waals surface area contributed by atoms with Crippen LogP contribution in [0.1, 0.15) is 0 Å². The van der Waals surface area contributed by atoms with Crippen LogP contribution < -0.4 is 56.7 Å². The van der Waals surface area contributed by atoms with Crippen LogP contribution >= 0.6 is 0 Å². The molecule has 1 rings (SSSR count). The number of anilines is 1. The first-order valence-corrected chi connectivity index (χ1v) is 4.83. The molecule has 0 spiro atoms. The molecule has 0 heterocycles. The van der Waals surface area contributed by atoms with E-state index in [1.165, 1.54) is 0 Å². The second-order valence-corrected chi connectivity index (χ2v) is 3.65. The van der Waals surface area contributed by atoms with Crippen molar-refractivity contribution < 1.29 is 73.5 Å². The monoisotopic (exact) mass is 257 g/mol. The van der Waals surface area contributed by atoms with Gasteiger partial charge in [0, 0.05) is 5.69 Å². The minimum absolute atomic E-state index is 0. The molecule has 0 unspecified atom stereocenters. The summed E-state index contributed by atoms with van der Waals surface area (Å²) in [4.78, 5) is 10.6. The van der Waals surface area contributed by atoms with Crippen LogP contribution in [0.3, 0.4) is 0 Å². The molecule has 0 aliphatic heterocycles. The maximum atomic E-state index is 12.4. The van der Waals surface area contributed by atoms with E-state index in [1.807, 2.05) is 0 Å². The first kappa shape index (κ1) is 15.2. The minimum Gasteiger partial charge on any atom is -0.740 e. The van der Waals surface area contributed by atoms with Gasteiger partial charge in [0.2, 0.25) is 0 Å². The molecule has 0 aromatic heterocycles. The van der Waals surface area contributed by atoms with E-state index >= 15 is 0 Å². The molecular weight excluding hydrogens is 252 g/mol. The van der Waals surface area contributed by atoms with Crippen LogP contribution in [0.15, 0.2) is 24.3 Å². The minimum atomic E-state index is -5.00. The summed E-state index contributed by atoms with van der Waals surface area (Å²) in [5.74, 6) is -0.534. The van der Waals surface area contributed by atoms with Crippen molar-refractivity contribution in [3.8, 4) is 0 Å². The molecule has 0 saturated carbocycles. The van der Waals surface area contributed by atoms with Crippen molar-refractivity contribution in [1.29, 1.82) is 0 Å². The molecule has 1 N–H and O–H groups in total. The molecule has 1 aromatic rings. The first-order chi connectivity index (χ1) is 6.39. The van der Waals surface area contributed by atoms with Gasteiger partial charge in [-0.1, -0.05) is 0 Å². The zero-order valence-electron chi connectivity index (χ0n) is 7.73. The van der Waals surface area contributed by atoms with Crippen LogP contribution in [-0.2, 0) is 10.1 Å². The third-order valence-electron chi connectivity index (χ3n) is 1.32. The Bertz CT molecular complexity index is 445. The van der Waals surface area contributed by atoms with Crippen LogP contribution in [0.25, 0.3) is 0 Å². The third kappa shape index (κ3) is 5.16. The van der Waals surface area contributed by atoms with E-state index < -0.39 is 21.2 Å². The molecule has 76 valence electrons. The number of hydrogen-bond acceptors (Lipinski definition) is 4. The average Bonchev–Trinajstić information content (AvgIpc) is 2.07. The number of rotatable bonds is 1. The molecule has 8 heteroatoms. The molecule has 0 aliphatic carbocycles. The fourth-order valence-corrected chi connectivity index (χ4v) is 0.956. The maximum absolute atomic E-state index is 12.4. The Morgan fingerprint density at radius 2 is 1.73 bits per heavy atom. The molecule has 1 aromatic carbocycles. The van der Waals surface area contributed by atoms with Crippen molar-refractivity contribution >= 4 is 21.0 Å². The quantitative estimate of drug-likeness (QED) is 0.461. The molecule has 1 amide bonds. The average molecular weight is 257 g/mol. The number of amides is 1. The summed E-state index contributed by atoms with van der Waals surface area (Å²) in [7, 11) is -5.00. The summed E-state index contributed by atoms with van der Waals surface area (Å²) in [6.07, 6.45) is 0. The summed E-state index contributed by atoms with van der Waals surface area (Å²) < 4.78 is 42.8. The van der Waals surface area contributed by atoms with Gasteiger partial charge < -0.3 is 9.87 Å². The van der Waals surface area contributed by atoms with Crippen molar-refractivity contribution in [2.24, 2.45) is 0 Å². The number of benzene rings is 1. The smallest absolute Gasteiger partial charge is 0.740 e. The van der Waals surface area contributed by atoms with Gasteiger partial charge in [0.05, 0.1) is 0 Å². The van der Waals surface area contributed by atoms with Crippen molar-refractivity contribution in [2.45, 2.75) is 0 Å². The van der Waals surface area contributed by atoms with Crippen LogP contribution in [0, 0.1) is 5.82 Å². The Kier molecular flexibility index (Phi) is 6.11. The summed E-state index contributed by atoms with van der Waals surface area (Å²) in [6.45, 7) is 0. The molecule has 15 heavy (non-hydrogen) atoms. The van der Waals surface area contributed by atoms with Gasteiger partial charge >= 0.3 is 56.6 Å². The normalized spacial score (nSPS) is 10.3. The molecule has 0 aliphatic rings. The largest absolute Gasteiger partial charge is 1.00 e.